The summed E-state index contributed by atoms with van der Waals surface area (Å²) < 4.78 is 5.21. The lowest BCUT2D eigenvalue weighted by atomic mass is 9.87. The van der Waals surface area contributed by atoms with E-state index in [-0.39, 0.29) is 0 Å². The highest BCUT2D eigenvalue weighted by Crippen LogP contribution is 2.28. The van der Waals surface area contributed by atoms with Crippen molar-refractivity contribution in [1.29, 1.82) is 5.26 Å². The van der Waals surface area contributed by atoms with Gasteiger partial charge in [0.1, 0.15) is 11.8 Å². The van der Waals surface area contributed by atoms with E-state index in [1.165, 1.54) is 25.7 Å². The molecule has 1 fully saturated rings. The van der Waals surface area contributed by atoms with Gasteiger partial charge >= 0.3 is 0 Å². The van der Waals surface area contributed by atoms with Gasteiger partial charge in [-0.25, -0.2) is 0 Å². The molecule has 3 nitrogen and oxygen atoms in total. The minimum atomic E-state index is 0.486. The fourth-order valence-electron chi connectivity index (χ4n) is 2.49. The SMILES string of the molecule is COc1ccc(C#N)c(NC2CCC(C)CC2)c1. The van der Waals surface area contributed by atoms with Gasteiger partial charge in [-0.05, 0) is 43.7 Å². The van der Waals surface area contributed by atoms with Gasteiger partial charge in [-0.15, -0.1) is 0 Å². The molecule has 0 aliphatic heterocycles. The monoisotopic (exact) mass is 244 g/mol. The van der Waals surface area contributed by atoms with Gasteiger partial charge in [0.05, 0.1) is 18.4 Å². The standard InChI is InChI=1S/C15H20N2O/c1-11-3-6-13(7-4-11)17-15-9-14(18-2)8-5-12(15)10-16/h5,8-9,11,13,17H,3-4,6-7H2,1-2H3. The molecule has 1 aromatic rings. The Morgan fingerprint density at radius 3 is 2.61 bits per heavy atom. The molecule has 96 valence electrons. The van der Waals surface area contributed by atoms with Crippen LogP contribution >= 0.6 is 0 Å². The van der Waals surface area contributed by atoms with Crippen LogP contribution in [0.2, 0.25) is 0 Å². The van der Waals surface area contributed by atoms with Crippen molar-refractivity contribution in [2.75, 3.05) is 12.4 Å². The maximum atomic E-state index is 9.12. The number of anilines is 1. The number of ether oxygens (including phenoxy) is 1. The molecule has 1 aromatic carbocycles. The number of benzene rings is 1. The molecular weight excluding hydrogens is 224 g/mol. The van der Waals surface area contributed by atoms with Gasteiger partial charge in [0.15, 0.2) is 0 Å². The third kappa shape index (κ3) is 2.95. The van der Waals surface area contributed by atoms with Crippen molar-refractivity contribution in [2.24, 2.45) is 5.92 Å². The second-order valence-electron chi connectivity index (χ2n) is 5.12. The quantitative estimate of drug-likeness (QED) is 0.884. The van der Waals surface area contributed by atoms with E-state index in [0.717, 1.165) is 17.4 Å². The predicted octanol–water partition coefficient (Wildman–Crippen LogP) is 3.56. The van der Waals surface area contributed by atoms with Gasteiger partial charge in [-0.3, -0.25) is 0 Å². The molecule has 1 aliphatic rings. The summed E-state index contributed by atoms with van der Waals surface area (Å²) in [5, 5.41) is 12.6. The lowest BCUT2D eigenvalue weighted by Crippen LogP contribution is -2.25. The molecule has 1 aliphatic carbocycles. The normalized spacial score (nSPS) is 23.2. The van der Waals surface area contributed by atoms with E-state index in [2.05, 4.69) is 18.3 Å². The van der Waals surface area contributed by atoms with E-state index in [0.29, 0.717) is 11.6 Å². The third-order valence-electron chi connectivity index (χ3n) is 3.72. The second kappa shape index (κ2) is 5.77. The zero-order valence-electron chi connectivity index (χ0n) is 11.1. The van der Waals surface area contributed by atoms with Crippen molar-refractivity contribution in [2.45, 2.75) is 38.6 Å². The van der Waals surface area contributed by atoms with E-state index in [1.807, 2.05) is 18.2 Å². The average molecular weight is 244 g/mol. The summed E-state index contributed by atoms with van der Waals surface area (Å²) in [7, 11) is 1.65. The van der Waals surface area contributed by atoms with Crippen molar-refractivity contribution in [3.63, 3.8) is 0 Å². The molecular formula is C15H20N2O. The van der Waals surface area contributed by atoms with Crippen molar-refractivity contribution in [1.82, 2.24) is 0 Å². The number of nitriles is 1. The van der Waals surface area contributed by atoms with Crippen LogP contribution in [0.25, 0.3) is 0 Å². The molecule has 0 aromatic heterocycles. The molecule has 0 amide bonds. The van der Waals surface area contributed by atoms with Gasteiger partial charge in [0.2, 0.25) is 0 Å². The zero-order chi connectivity index (χ0) is 13.0. The minimum absolute atomic E-state index is 0.486. The highest BCUT2D eigenvalue weighted by molar-refractivity contribution is 5.60. The van der Waals surface area contributed by atoms with Crippen molar-refractivity contribution in [3.05, 3.63) is 23.8 Å². The van der Waals surface area contributed by atoms with E-state index < -0.39 is 0 Å². The summed E-state index contributed by atoms with van der Waals surface area (Å²) in [6.45, 7) is 2.31. The molecule has 0 unspecified atom stereocenters. The van der Waals surface area contributed by atoms with Crippen molar-refractivity contribution < 1.29 is 4.74 Å². The molecule has 0 heterocycles. The van der Waals surface area contributed by atoms with Gasteiger partial charge in [-0.2, -0.15) is 5.26 Å². The van der Waals surface area contributed by atoms with Crippen LogP contribution < -0.4 is 10.1 Å². The molecule has 0 atom stereocenters. The van der Waals surface area contributed by atoms with Gasteiger partial charge in [0, 0.05) is 12.1 Å². The summed E-state index contributed by atoms with van der Waals surface area (Å²) >= 11 is 0. The molecule has 18 heavy (non-hydrogen) atoms. The van der Waals surface area contributed by atoms with Crippen LogP contribution in [-0.4, -0.2) is 13.2 Å². The predicted molar refractivity (Wildman–Crippen MR) is 72.8 cm³/mol. The highest BCUT2D eigenvalue weighted by atomic mass is 16.5. The highest BCUT2D eigenvalue weighted by Gasteiger charge is 2.18. The molecule has 2 rings (SSSR count). The smallest absolute Gasteiger partial charge is 0.121 e. The first-order chi connectivity index (χ1) is 8.72. The number of nitrogens with zero attached hydrogens (tertiary/aromatic N) is 1. The largest absolute Gasteiger partial charge is 0.497 e. The van der Waals surface area contributed by atoms with Crippen LogP contribution in [-0.2, 0) is 0 Å². The fraction of sp³-hybridized carbons (Fsp3) is 0.533. The van der Waals surface area contributed by atoms with E-state index in [9.17, 15) is 0 Å². The summed E-state index contributed by atoms with van der Waals surface area (Å²) in [6.07, 6.45) is 4.90. The summed E-state index contributed by atoms with van der Waals surface area (Å²) in [6, 6.07) is 8.27. The Kier molecular flexibility index (Phi) is 4.09. The molecule has 1 N–H and O–H groups in total. The van der Waals surface area contributed by atoms with Crippen LogP contribution in [0, 0.1) is 17.2 Å². The molecule has 0 spiro atoms. The van der Waals surface area contributed by atoms with Crippen molar-refractivity contribution in [3.8, 4) is 11.8 Å². The van der Waals surface area contributed by atoms with Gasteiger partial charge in [-0.1, -0.05) is 6.92 Å². The fourth-order valence-corrected chi connectivity index (χ4v) is 2.49. The Morgan fingerprint density at radius 1 is 1.28 bits per heavy atom. The maximum absolute atomic E-state index is 9.12. The van der Waals surface area contributed by atoms with Crippen LogP contribution in [0.15, 0.2) is 18.2 Å². The van der Waals surface area contributed by atoms with Gasteiger partial charge < -0.3 is 10.1 Å². The van der Waals surface area contributed by atoms with E-state index in [1.54, 1.807) is 7.11 Å². The van der Waals surface area contributed by atoms with Crippen LogP contribution in [0.3, 0.4) is 0 Å². The Hall–Kier alpha value is -1.69. The van der Waals surface area contributed by atoms with Crippen LogP contribution in [0.4, 0.5) is 5.69 Å². The second-order valence-corrected chi connectivity index (χ2v) is 5.12. The number of rotatable bonds is 3. The summed E-state index contributed by atoms with van der Waals surface area (Å²) in [5.41, 5.74) is 1.59. The number of hydrogen-bond acceptors (Lipinski definition) is 3. The number of methoxy groups -OCH3 is 1. The Bertz CT molecular complexity index is 442. The van der Waals surface area contributed by atoms with E-state index in [4.69, 9.17) is 10.00 Å². The maximum Gasteiger partial charge on any atom is 0.121 e. The molecule has 0 saturated heterocycles. The van der Waals surface area contributed by atoms with Gasteiger partial charge in [0.25, 0.3) is 0 Å². The topological polar surface area (TPSA) is 45.0 Å². The summed E-state index contributed by atoms with van der Waals surface area (Å²) in [4.78, 5) is 0. The first kappa shape index (κ1) is 12.8. The average Bonchev–Trinajstić information content (AvgIpc) is 2.41. The molecule has 1 saturated carbocycles. The number of nitrogens with one attached hydrogen (secondary N) is 1. The molecule has 3 heteroatoms. The van der Waals surface area contributed by atoms with Crippen molar-refractivity contribution >= 4 is 5.69 Å². The van der Waals surface area contributed by atoms with Crippen LogP contribution in [0.1, 0.15) is 38.2 Å². The minimum Gasteiger partial charge on any atom is -0.497 e. The number of hydrogen-bond donors (Lipinski definition) is 1. The first-order valence-corrected chi connectivity index (χ1v) is 6.57. The summed E-state index contributed by atoms with van der Waals surface area (Å²) in [5.74, 6) is 1.63. The van der Waals surface area contributed by atoms with E-state index >= 15 is 0 Å². The Balaban J connectivity index is 2.10. The third-order valence-corrected chi connectivity index (χ3v) is 3.72. The molecule has 0 bridgehead atoms. The Labute approximate surface area is 109 Å². The lowest BCUT2D eigenvalue weighted by Gasteiger charge is -2.28. The first-order valence-electron chi connectivity index (χ1n) is 6.57. The molecule has 0 radical (unpaired) electrons. The zero-order valence-corrected chi connectivity index (χ0v) is 11.1. The Morgan fingerprint density at radius 2 is 2.00 bits per heavy atom. The lowest BCUT2D eigenvalue weighted by molar-refractivity contribution is 0.361. The van der Waals surface area contributed by atoms with Crippen LogP contribution in [0.5, 0.6) is 5.75 Å².